The van der Waals surface area contributed by atoms with E-state index in [1.807, 2.05) is 6.92 Å². The maximum absolute atomic E-state index is 12.5. The largest absolute Gasteiger partial charge is 0.508 e. The van der Waals surface area contributed by atoms with Gasteiger partial charge in [0.1, 0.15) is 5.75 Å². The fraction of sp³-hybridized carbons (Fsp3) is 0.250. The molecule has 112 valence electrons. The van der Waals surface area contributed by atoms with Gasteiger partial charge in [0, 0.05) is 12.6 Å². The number of nitrogens with one attached hydrogen (secondary N) is 1. The van der Waals surface area contributed by atoms with Gasteiger partial charge in [0.15, 0.2) is 0 Å². The summed E-state index contributed by atoms with van der Waals surface area (Å²) < 4.78 is 37.4. The quantitative estimate of drug-likeness (QED) is 0.883. The van der Waals surface area contributed by atoms with Gasteiger partial charge >= 0.3 is 6.18 Å². The molecule has 0 spiro atoms. The van der Waals surface area contributed by atoms with Crippen LogP contribution in [0.5, 0.6) is 5.75 Å². The lowest BCUT2D eigenvalue weighted by Gasteiger charge is -2.15. The average Bonchev–Trinajstić information content (AvgIpc) is 2.45. The van der Waals surface area contributed by atoms with Crippen LogP contribution in [0.15, 0.2) is 48.5 Å². The summed E-state index contributed by atoms with van der Waals surface area (Å²) in [5, 5.41) is 12.5. The van der Waals surface area contributed by atoms with Crippen molar-refractivity contribution in [1.82, 2.24) is 5.32 Å². The second-order valence-electron chi connectivity index (χ2n) is 4.89. The highest BCUT2D eigenvalue weighted by molar-refractivity contribution is 5.28. The molecule has 0 aromatic heterocycles. The third-order valence-electron chi connectivity index (χ3n) is 3.29. The molecule has 21 heavy (non-hydrogen) atoms. The van der Waals surface area contributed by atoms with E-state index in [2.05, 4.69) is 5.32 Å². The van der Waals surface area contributed by atoms with Gasteiger partial charge in [-0.05, 0) is 42.3 Å². The molecule has 0 aliphatic rings. The van der Waals surface area contributed by atoms with Crippen LogP contribution in [0.3, 0.4) is 0 Å². The van der Waals surface area contributed by atoms with Crippen LogP contribution in [0.4, 0.5) is 13.2 Å². The maximum Gasteiger partial charge on any atom is 0.416 e. The number of rotatable bonds is 4. The first kappa shape index (κ1) is 15.4. The van der Waals surface area contributed by atoms with Gasteiger partial charge in [-0.1, -0.05) is 24.3 Å². The molecule has 1 unspecified atom stereocenters. The van der Waals surface area contributed by atoms with Crippen molar-refractivity contribution < 1.29 is 18.3 Å². The Hall–Kier alpha value is -2.01. The number of hydrogen-bond donors (Lipinski definition) is 2. The van der Waals surface area contributed by atoms with Crippen LogP contribution in [0, 0.1) is 0 Å². The smallest absolute Gasteiger partial charge is 0.416 e. The van der Waals surface area contributed by atoms with Crippen LogP contribution in [-0.4, -0.2) is 5.11 Å². The van der Waals surface area contributed by atoms with Crippen LogP contribution >= 0.6 is 0 Å². The summed E-state index contributed by atoms with van der Waals surface area (Å²) in [5.74, 6) is 0.202. The summed E-state index contributed by atoms with van der Waals surface area (Å²) in [4.78, 5) is 0. The fourth-order valence-electron chi connectivity index (χ4n) is 1.96. The Kier molecular flexibility index (Phi) is 4.53. The summed E-state index contributed by atoms with van der Waals surface area (Å²) in [6.07, 6.45) is -4.30. The van der Waals surface area contributed by atoms with Crippen molar-refractivity contribution in [3.05, 3.63) is 65.2 Å². The lowest BCUT2D eigenvalue weighted by Crippen LogP contribution is -2.18. The minimum absolute atomic E-state index is 0.0351. The minimum atomic E-state index is -4.30. The van der Waals surface area contributed by atoms with Crippen molar-refractivity contribution >= 4 is 0 Å². The van der Waals surface area contributed by atoms with Crippen LogP contribution in [0.1, 0.15) is 29.7 Å². The van der Waals surface area contributed by atoms with Gasteiger partial charge in [0.2, 0.25) is 0 Å². The molecule has 2 rings (SSSR count). The molecular weight excluding hydrogens is 279 g/mol. The van der Waals surface area contributed by atoms with E-state index in [4.69, 9.17) is 0 Å². The zero-order valence-corrected chi connectivity index (χ0v) is 11.5. The Balaban J connectivity index is 1.95. The number of benzene rings is 2. The molecule has 0 heterocycles. The third kappa shape index (κ3) is 4.23. The van der Waals surface area contributed by atoms with Crippen molar-refractivity contribution in [3.63, 3.8) is 0 Å². The highest BCUT2D eigenvalue weighted by atomic mass is 19.4. The van der Waals surface area contributed by atoms with E-state index in [1.165, 1.54) is 12.1 Å². The van der Waals surface area contributed by atoms with Crippen molar-refractivity contribution in [2.75, 3.05) is 0 Å². The number of hydrogen-bond acceptors (Lipinski definition) is 2. The highest BCUT2D eigenvalue weighted by Crippen LogP contribution is 2.29. The van der Waals surface area contributed by atoms with E-state index < -0.39 is 11.7 Å². The summed E-state index contributed by atoms with van der Waals surface area (Å²) in [6, 6.07) is 12.0. The van der Waals surface area contributed by atoms with E-state index >= 15 is 0 Å². The van der Waals surface area contributed by atoms with Gasteiger partial charge in [-0.25, -0.2) is 0 Å². The van der Waals surface area contributed by atoms with E-state index in [9.17, 15) is 18.3 Å². The van der Waals surface area contributed by atoms with Gasteiger partial charge in [-0.2, -0.15) is 13.2 Å². The van der Waals surface area contributed by atoms with Crippen LogP contribution < -0.4 is 5.32 Å². The lowest BCUT2D eigenvalue weighted by atomic mass is 10.1. The van der Waals surface area contributed by atoms with E-state index in [0.29, 0.717) is 6.54 Å². The number of phenols is 1. The van der Waals surface area contributed by atoms with Crippen molar-refractivity contribution in [2.24, 2.45) is 0 Å². The fourth-order valence-corrected chi connectivity index (χ4v) is 1.96. The Labute approximate surface area is 121 Å². The predicted molar refractivity (Wildman–Crippen MR) is 74.8 cm³/mol. The Bertz CT molecular complexity index is 576. The normalized spacial score (nSPS) is 13.1. The molecule has 2 nitrogen and oxygen atoms in total. The van der Waals surface area contributed by atoms with E-state index in [-0.39, 0.29) is 11.8 Å². The molecule has 0 radical (unpaired) electrons. The minimum Gasteiger partial charge on any atom is -0.508 e. The lowest BCUT2D eigenvalue weighted by molar-refractivity contribution is -0.137. The Morgan fingerprint density at radius 1 is 1.00 bits per heavy atom. The zero-order chi connectivity index (χ0) is 15.5. The van der Waals surface area contributed by atoms with Gasteiger partial charge < -0.3 is 10.4 Å². The Morgan fingerprint density at radius 3 is 2.10 bits per heavy atom. The third-order valence-corrected chi connectivity index (χ3v) is 3.29. The van der Waals surface area contributed by atoms with Gasteiger partial charge in [-0.3, -0.25) is 0 Å². The average molecular weight is 295 g/mol. The molecule has 0 bridgehead atoms. The van der Waals surface area contributed by atoms with Gasteiger partial charge in [0.25, 0.3) is 0 Å². The molecule has 1 atom stereocenters. The first-order valence-electron chi connectivity index (χ1n) is 6.55. The van der Waals surface area contributed by atoms with Crippen molar-refractivity contribution in [1.29, 1.82) is 0 Å². The number of halogens is 3. The maximum atomic E-state index is 12.5. The Morgan fingerprint density at radius 2 is 1.57 bits per heavy atom. The van der Waals surface area contributed by atoms with Crippen LogP contribution in [0.25, 0.3) is 0 Å². The highest BCUT2D eigenvalue weighted by Gasteiger charge is 2.29. The summed E-state index contributed by atoms with van der Waals surface area (Å²) in [5.41, 5.74) is 1.14. The number of phenolic OH excluding ortho intramolecular Hbond substituents is 1. The standard InChI is InChI=1S/C16H16F3NO/c1-11(13-4-8-15(21)9-5-13)20-10-12-2-6-14(7-3-12)16(17,18)19/h2-9,11,20-21H,10H2,1H3. The molecule has 2 aromatic rings. The molecule has 0 amide bonds. The molecule has 2 N–H and O–H groups in total. The summed E-state index contributed by atoms with van der Waals surface area (Å²) >= 11 is 0. The number of aromatic hydroxyl groups is 1. The molecule has 0 fully saturated rings. The van der Waals surface area contributed by atoms with Crippen molar-refractivity contribution in [2.45, 2.75) is 25.7 Å². The molecular formula is C16H16F3NO. The van der Waals surface area contributed by atoms with Gasteiger partial charge in [0.05, 0.1) is 5.56 Å². The zero-order valence-electron chi connectivity index (χ0n) is 11.5. The first-order chi connectivity index (χ1) is 9.86. The summed E-state index contributed by atoms with van der Waals surface area (Å²) in [6.45, 7) is 2.43. The second-order valence-corrected chi connectivity index (χ2v) is 4.89. The molecule has 0 aliphatic carbocycles. The van der Waals surface area contributed by atoms with E-state index in [0.717, 1.165) is 23.3 Å². The molecule has 0 aliphatic heterocycles. The predicted octanol–water partition coefficient (Wildman–Crippen LogP) is 4.26. The molecule has 0 saturated carbocycles. The number of alkyl halides is 3. The van der Waals surface area contributed by atoms with Crippen LogP contribution in [-0.2, 0) is 12.7 Å². The first-order valence-corrected chi connectivity index (χ1v) is 6.55. The SMILES string of the molecule is CC(NCc1ccc(C(F)(F)F)cc1)c1ccc(O)cc1. The second kappa shape index (κ2) is 6.18. The molecule has 2 aromatic carbocycles. The van der Waals surface area contributed by atoms with Gasteiger partial charge in [-0.15, -0.1) is 0 Å². The molecule has 0 saturated heterocycles. The summed E-state index contributed by atoms with van der Waals surface area (Å²) in [7, 11) is 0. The monoisotopic (exact) mass is 295 g/mol. The van der Waals surface area contributed by atoms with Crippen molar-refractivity contribution in [3.8, 4) is 5.75 Å². The van der Waals surface area contributed by atoms with Crippen LogP contribution in [0.2, 0.25) is 0 Å². The molecule has 5 heteroatoms. The topological polar surface area (TPSA) is 32.3 Å². The van der Waals surface area contributed by atoms with E-state index in [1.54, 1.807) is 24.3 Å².